The number of anilines is 1. The van der Waals surface area contributed by atoms with Crippen molar-refractivity contribution in [3.63, 3.8) is 0 Å². The Hall–Kier alpha value is -1.51. The average molecular weight is 348 g/mol. The molecule has 0 spiro atoms. The fourth-order valence-corrected chi connectivity index (χ4v) is 2.97. The van der Waals surface area contributed by atoms with Gasteiger partial charge in [-0.25, -0.2) is 0 Å². The second-order valence-electron chi connectivity index (χ2n) is 6.79. The summed E-state index contributed by atoms with van der Waals surface area (Å²) in [5.74, 6) is 0.950. The van der Waals surface area contributed by atoms with Crippen molar-refractivity contribution in [2.75, 3.05) is 11.9 Å². The number of unbranched alkanes of at least 4 members (excludes halogenated alkanes) is 10. The van der Waals surface area contributed by atoms with E-state index in [1.54, 1.807) is 0 Å². The zero-order chi connectivity index (χ0) is 18.2. The number of carbonyl (C=O) groups excluding carboxylic acids is 1. The molecule has 1 amide bonds. The number of hydrogen-bond acceptors (Lipinski definition) is 2. The molecule has 1 aromatic rings. The second kappa shape index (κ2) is 14.8. The van der Waals surface area contributed by atoms with Crippen molar-refractivity contribution in [2.45, 2.75) is 90.9 Å². The Morgan fingerprint density at radius 3 is 1.84 bits per heavy atom. The standard InChI is InChI=1S/C22H37NO2/c1-3-5-6-7-8-9-10-11-12-13-14-15-22(24)23-20-16-18-21(19-17-20)25-4-2/h16-19H,3-15H2,1-2H3,(H,23,24). The molecule has 0 heterocycles. The first-order valence-corrected chi connectivity index (χ1v) is 10.3. The minimum absolute atomic E-state index is 0.111. The maximum atomic E-state index is 11.9. The van der Waals surface area contributed by atoms with Crippen molar-refractivity contribution >= 4 is 11.6 Å². The smallest absolute Gasteiger partial charge is 0.224 e. The van der Waals surface area contributed by atoms with Gasteiger partial charge in [0.25, 0.3) is 0 Å². The Bertz CT molecular complexity index is 442. The third kappa shape index (κ3) is 11.6. The number of carbonyl (C=O) groups is 1. The lowest BCUT2D eigenvalue weighted by Crippen LogP contribution is -2.10. The number of benzene rings is 1. The number of hydrogen-bond donors (Lipinski definition) is 1. The van der Waals surface area contributed by atoms with Gasteiger partial charge in [-0.3, -0.25) is 4.79 Å². The number of amides is 1. The van der Waals surface area contributed by atoms with Crippen LogP contribution in [0.25, 0.3) is 0 Å². The molecule has 3 nitrogen and oxygen atoms in total. The van der Waals surface area contributed by atoms with Crippen LogP contribution in [0.3, 0.4) is 0 Å². The van der Waals surface area contributed by atoms with Gasteiger partial charge in [-0.1, -0.05) is 71.1 Å². The van der Waals surface area contributed by atoms with Gasteiger partial charge >= 0.3 is 0 Å². The fourth-order valence-electron chi connectivity index (χ4n) is 2.97. The Kier molecular flexibility index (Phi) is 12.7. The van der Waals surface area contributed by atoms with Crippen LogP contribution in [0.15, 0.2) is 24.3 Å². The minimum Gasteiger partial charge on any atom is -0.494 e. The molecular weight excluding hydrogens is 310 g/mol. The van der Waals surface area contributed by atoms with Gasteiger partial charge in [0.2, 0.25) is 5.91 Å². The van der Waals surface area contributed by atoms with E-state index in [4.69, 9.17) is 4.74 Å². The molecule has 0 aliphatic carbocycles. The van der Waals surface area contributed by atoms with E-state index in [0.29, 0.717) is 13.0 Å². The lowest BCUT2D eigenvalue weighted by molar-refractivity contribution is -0.116. The molecule has 0 saturated carbocycles. The summed E-state index contributed by atoms with van der Waals surface area (Å²) in [6, 6.07) is 7.57. The minimum atomic E-state index is 0.111. The largest absolute Gasteiger partial charge is 0.494 e. The highest BCUT2D eigenvalue weighted by molar-refractivity contribution is 5.90. The molecule has 3 heteroatoms. The zero-order valence-corrected chi connectivity index (χ0v) is 16.3. The Morgan fingerprint density at radius 2 is 1.32 bits per heavy atom. The third-order valence-corrected chi connectivity index (χ3v) is 4.46. The van der Waals surface area contributed by atoms with Crippen LogP contribution in [-0.2, 0) is 4.79 Å². The Balaban J connectivity index is 1.96. The van der Waals surface area contributed by atoms with Gasteiger partial charge in [0.15, 0.2) is 0 Å². The molecule has 1 rings (SSSR count). The monoisotopic (exact) mass is 347 g/mol. The highest BCUT2D eigenvalue weighted by atomic mass is 16.5. The molecule has 0 radical (unpaired) electrons. The molecule has 0 atom stereocenters. The normalized spacial score (nSPS) is 10.6. The fraction of sp³-hybridized carbons (Fsp3) is 0.682. The van der Waals surface area contributed by atoms with Crippen molar-refractivity contribution in [1.29, 1.82) is 0 Å². The summed E-state index contributed by atoms with van der Waals surface area (Å²) in [5.41, 5.74) is 0.844. The van der Waals surface area contributed by atoms with E-state index in [1.165, 1.54) is 57.8 Å². The average Bonchev–Trinajstić information content (AvgIpc) is 2.61. The van der Waals surface area contributed by atoms with Crippen molar-refractivity contribution in [3.8, 4) is 5.75 Å². The maximum absolute atomic E-state index is 11.9. The Morgan fingerprint density at radius 1 is 0.800 bits per heavy atom. The quantitative estimate of drug-likeness (QED) is 0.357. The van der Waals surface area contributed by atoms with Crippen molar-refractivity contribution in [1.82, 2.24) is 0 Å². The SMILES string of the molecule is CCCCCCCCCCCCCC(=O)Nc1ccc(OCC)cc1. The van der Waals surface area contributed by atoms with Gasteiger partial charge in [0.05, 0.1) is 6.61 Å². The van der Waals surface area contributed by atoms with E-state index in [2.05, 4.69) is 12.2 Å². The van der Waals surface area contributed by atoms with Crippen molar-refractivity contribution < 1.29 is 9.53 Å². The van der Waals surface area contributed by atoms with E-state index in [9.17, 15) is 4.79 Å². The number of rotatable bonds is 15. The molecule has 0 aliphatic heterocycles. The summed E-state index contributed by atoms with van der Waals surface area (Å²) in [4.78, 5) is 11.9. The molecule has 0 fully saturated rings. The summed E-state index contributed by atoms with van der Waals surface area (Å²) in [5, 5.41) is 2.95. The molecule has 25 heavy (non-hydrogen) atoms. The van der Waals surface area contributed by atoms with Crippen LogP contribution in [0.5, 0.6) is 5.75 Å². The first kappa shape index (κ1) is 21.5. The molecule has 0 aromatic heterocycles. The molecular formula is C22H37NO2. The van der Waals surface area contributed by atoms with Gasteiger partial charge < -0.3 is 10.1 Å². The maximum Gasteiger partial charge on any atom is 0.224 e. The summed E-state index contributed by atoms with van der Waals surface area (Å²) in [6.45, 7) is 4.88. The molecule has 1 aromatic carbocycles. The lowest BCUT2D eigenvalue weighted by atomic mass is 10.1. The Labute approximate surface area is 154 Å². The van der Waals surface area contributed by atoms with E-state index < -0.39 is 0 Å². The molecule has 0 bridgehead atoms. The van der Waals surface area contributed by atoms with Crippen molar-refractivity contribution in [2.24, 2.45) is 0 Å². The summed E-state index contributed by atoms with van der Waals surface area (Å²) in [6.07, 6.45) is 15.0. The van der Waals surface area contributed by atoms with Crippen LogP contribution in [-0.4, -0.2) is 12.5 Å². The van der Waals surface area contributed by atoms with Crippen LogP contribution >= 0.6 is 0 Å². The zero-order valence-electron chi connectivity index (χ0n) is 16.3. The van der Waals surface area contributed by atoms with Gasteiger partial charge in [0, 0.05) is 12.1 Å². The predicted octanol–water partition coefficient (Wildman–Crippen LogP) is 6.72. The highest BCUT2D eigenvalue weighted by Crippen LogP contribution is 2.16. The van der Waals surface area contributed by atoms with E-state index in [-0.39, 0.29) is 5.91 Å². The molecule has 142 valence electrons. The van der Waals surface area contributed by atoms with Crippen LogP contribution in [0.4, 0.5) is 5.69 Å². The summed E-state index contributed by atoms with van der Waals surface area (Å²) in [7, 11) is 0. The topological polar surface area (TPSA) is 38.3 Å². The van der Waals surface area contributed by atoms with Crippen LogP contribution < -0.4 is 10.1 Å². The first-order chi connectivity index (χ1) is 12.3. The molecule has 1 N–H and O–H groups in total. The highest BCUT2D eigenvalue weighted by Gasteiger charge is 2.02. The van der Waals surface area contributed by atoms with Gasteiger partial charge in [-0.15, -0.1) is 0 Å². The predicted molar refractivity (Wildman–Crippen MR) is 107 cm³/mol. The molecule has 0 saturated heterocycles. The van der Waals surface area contributed by atoms with Gasteiger partial charge in [-0.05, 0) is 37.6 Å². The van der Waals surface area contributed by atoms with Gasteiger partial charge in [-0.2, -0.15) is 0 Å². The number of nitrogens with one attached hydrogen (secondary N) is 1. The molecule has 0 unspecified atom stereocenters. The van der Waals surface area contributed by atoms with Crippen LogP contribution in [0.2, 0.25) is 0 Å². The summed E-state index contributed by atoms with van der Waals surface area (Å²) >= 11 is 0. The second-order valence-corrected chi connectivity index (χ2v) is 6.79. The van der Waals surface area contributed by atoms with Crippen LogP contribution in [0, 0.1) is 0 Å². The third-order valence-electron chi connectivity index (χ3n) is 4.46. The number of ether oxygens (including phenoxy) is 1. The molecule has 0 aliphatic rings. The van der Waals surface area contributed by atoms with E-state index in [0.717, 1.165) is 24.3 Å². The van der Waals surface area contributed by atoms with Gasteiger partial charge in [0.1, 0.15) is 5.75 Å². The first-order valence-electron chi connectivity index (χ1n) is 10.3. The van der Waals surface area contributed by atoms with Crippen LogP contribution in [0.1, 0.15) is 90.9 Å². The summed E-state index contributed by atoms with van der Waals surface area (Å²) < 4.78 is 5.40. The lowest BCUT2D eigenvalue weighted by Gasteiger charge is -2.07. The van der Waals surface area contributed by atoms with Crippen molar-refractivity contribution in [3.05, 3.63) is 24.3 Å². The van der Waals surface area contributed by atoms with E-state index in [1.807, 2.05) is 31.2 Å². The van der Waals surface area contributed by atoms with E-state index >= 15 is 0 Å².